The quantitative estimate of drug-likeness (QED) is 0.633. The molecule has 13 heavy (non-hydrogen) atoms. The molecule has 1 saturated heterocycles. The second-order valence-corrected chi connectivity index (χ2v) is 4.19. The van der Waals surface area contributed by atoms with E-state index in [9.17, 15) is 4.57 Å². The SMILES string of the molecule is COP(=O)(O)OC1CCO[C@@H]1CO. The molecule has 0 amide bonds. The third-order valence-corrected chi connectivity index (χ3v) is 2.83. The van der Waals surface area contributed by atoms with Crippen LogP contribution in [-0.4, -0.2) is 42.5 Å². The molecule has 0 aromatic rings. The molecular formula is C6H13O6P. The number of aliphatic hydroxyl groups excluding tert-OH is 1. The van der Waals surface area contributed by atoms with E-state index in [4.69, 9.17) is 19.3 Å². The maximum atomic E-state index is 11.0. The van der Waals surface area contributed by atoms with Crippen LogP contribution in [0.3, 0.4) is 0 Å². The van der Waals surface area contributed by atoms with Crippen LogP contribution in [0.1, 0.15) is 6.42 Å². The highest BCUT2D eigenvalue weighted by molar-refractivity contribution is 7.47. The van der Waals surface area contributed by atoms with Crippen LogP contribution in [0.4, 0.5) is 0 Å². The molecule has 1 aliphatic heterocycles. The second-order valence-electron chi connectivity index (χ2n) is 2.68. The summed E-state index contributed by atoms with van der Waals surface area (Å²) in [5.41, 5.74) is 0. The molecule has 0 aliphatic carbocycles. The molecule has 78 valence electrons. The van der Waals surface area contributed by atoms with Crippen molar-refractivity contribution < 1.29 is 28.3 Å². The van der Waals surface area contributed by atoms with Crippen LogP contribution < -0.4 is 0 Å². The average Bonchev–Trinajstić information content (AvgIpc) is 2.51. The second kappa shape index (κ2) is 4.50. The summed E-state index contributed by atoms with van der Waals surface area (Å²) in [7, 11) is -2.88. The number of hydrogen-bond acceptors (Lipinski definition) is 5. The lowest BCUT2D eigenvalue weighted by atomic mass is 10.2. The van der Waals surface area contributed by atoms with Gasteiger partial charge in [0.25, 0.3) is 0 Å². The predicted octanol–water partition coefficient (Wildman–Crippen LogP) is -0.100. The minimum absolute atomic E-state index is 0.228. The minimum Gasteiger partial charge on any atom is -0.394 e. The number of phosphoric ester groups is 1. The van der Waals surface area contributed by atoms with Crippen LogP contribution >= 0.6 is 7.82 Å². The summed E-state index contributed by atoms with van der Waals surface area (Å²) >= 11 is 0. The van der Waals surface area contributed by atoms with Crippen LogP contribution in [-0.2, 0) is 18.3 Å². The Kier molecular flexibility index (Phi) is 3.85. The largest absolute Gasteiger partial charge is 0.472 e. The Bertz CT molecular complexity index is 207. The van der Waals surface area contributed by atoms with E-state index in [1.165, 1.54) is 0 Å². The molecule has 7 heteroatoms. The molecule has 0 aromatic heterocycles. The van der Waals surface area contributed by atoms with E-state index in [1.54, 1.807) is 0 Å². The van der Waals surface area contributed by atoms with Gasteiger partial charge in [-0.1, -0.05) is 0 Å². The van der Waals surface area contributed by atoms with E-state index in [0.29, 0.717) is 13.0 Å². The van der Waals surface area contributed by atoms with Gasteiger partial charge in [-0.3, -0.25) is 9.05 Å². The van der Waals surface area contributed by atoms with Crippen molar-refractivity contribution in [3.63, 3.8) is 0 Å². The van der Waals surface area contributed by atoms with Gasteiger partial charge in [-0.25, -0.2) is 4.57 Å². The van der Waals surface area contributed by atoms with Gasteiger partial charge in [0.1, 0.15) is 12.2 Å². The summed E-state index contributed by atoms with van der Waals surface area (Å²) in [6.45, 7) is 0.188. The Morgan fingerprint density at radius 2 is 2.38 bits per heavy atom. The monoisotopic (exact) mass is 212 g/mol. The fourth-order valence-corrected chi connectivity index (χ4v) is 1.80. The Hall–Kier alpha value is 0.0300. The van der Waals surface area contributed by atoms with Crippen molar-refractivity contribution in [1.82, 2.24) is 0 Å². The summed E-state index contributed by atoms with van der Waals surface area (Å²) in [5, 5.41) is 8.79. The summed E-state index contributed by atoms with van der Waals surface area (Å²) in [6, 6.07) is 0. The van der Waals surface area contributed by atoms with Gasteiger partial charge >= 0.3 is 7.82 Å². The fraction of sp³-hybridized carbons (Fsp3) is 1.00. The lowest BCUT2D eigenvalue weighted by Gasteiger charge is -2.18. The number of hydrogen-bond donors (Lipinski definition) is 2. The van der Waals surface area contributed by atoms with Crippen molar-refractivity contribution in [3.8, 4) is 0 Å². The highest BCUT2D eigenvalue weighted by atomic mass is 31.2. The Labute approximate surface area is 76.0 Å². The van der Waals surface area contributed by atoms with Crippen LogP contribution in [0.15, 0.2) is 0 Å². The Morgan fingerprint density at radius 1 is 1.69 bits per heavy atom. The molecule has 1 aliphatic rings. The number of rotatable bonds is 4. The summed E-state index contributed by atoms with van der Waals surface area (Å²) in [6.07, 6.45) is -0.615. The van der Waals surface area contributed by atoms with E-state index in [-0.39, 0.29) is 6.61 Å². The molecule has 6 nitrogen and oxygen atoms in total. The van der Waals surface area contributed by atoms with Crippen LogP contribution in [0.2, 0.25) is 0 Å². The van der Waals surface area contributed by atoms with Gasteiger partial charge in [0, 0.05) is 20.1 Å². The molecular weight excluding hydrogens is 199 g/mol. The van der Waals surface area contributed by atoms with E-state index in [1.807, 2.05) is 0 Å². The average molecular weight is 212 g/mol. The zero-order valence-electron chi connectivity index (χ0n) is 7.25. The third-order valence-electron chi connectivity index (χ3n) is 1.83. The first-order valence-electron chi connectivity index (χ1n) is 3.88. The molecule has 0 aromatic carbocycles. The normalized spacial score (nSPS) is 33.2. The summed E-state index contributed by atoms with van der Waals surface area (Å²) in [5.74, 6) is 0. The summed E-state index contributed by atoms with van der Waals surface area (Å²) in [4.78, 5) is 8.97. The van der Waals surface area contributed by atoms with Gasteiger partial charge in [0.2, 0.25) is 0 Å². The van der Waals surface area contributed by atoms with Crippen molar-refractivity contribution >= 4 is 7.82 Å². The molecule has 0 spiro atoms. The molecule has 0 saturated carbocycles. The van der Waals surface area contributed by atoms with Gasteiger partial charge in [-0.05, 0) is 0 Å². The van der Waals surface area contributed by atoms with Crippen LogP contribution in [0, 0.1) is 0 Å². The number of aliphatic hydroxyl groups is 1. The number of ether oxygens (including phenoxy) is 1. The highest BCUT2D eigenvalue weighted by Gasteiger charge is 2.34. The van der Waals surface area contributed by atoms with Gasteiger partial charge in [-0.2, -0.15) is 0 Å². The third kappa shape index (κ3) is 3.02. The van der Waals surface area contributed by atoms with Crippen LogP contribution in [0.5, 0.6) is 0 Å². The van der Waals surface area contributed by atoms with Crippen molar-refractivity contribution in [2.24, 2.45) is 0 Å². The smallest absolute Gasteiger partial charge is 0.394 e. The molecule has 2 unspecified atom stereocenters. The van der Waals surface area contributed by atoms with Gasteiger partial charge in [0.15, 0.2) is 0 Å². The minimum atomic E-state index is -3.96. The van der Waals surface area contributed by atoms with Crippen molar-refractivity contribution in [1.29, 1.82) is 0 Å². The van der Waals surface area contributed by atoms with E-state index < -0.39 is 20.0 Å². The van der Waals surface area contributed by atoms with Gasteiger partial charge in [0.05, 0.1) is 6.61 Å². The zero-order valence-corrected chi connectivity index (χ0v) is 8.15. The zero-order chi connectivity index (χ0) is 9.90. The topological polar surface area (TPSA) is 85.2 Å². The number of phosphoric acid groups is 1. The van der Waals surface area contributed by atoms with E-state index in [0.717, 1.165) is 7.11 Å². The Balaban J connectivity index is 2.48. The first kappa shape index (κ1) is 11.1. The lowest BCUT2D eigenvalue weighted by Crippen LogP contribution is -2.27. The van der Waals surface area contributed by atoms with E-state index in [2.05, 4.69) is 4.52 Å². The molecule has 1 rings (SSSR count). The summed E-state index contributed by atoms with van der Waals surface area (Å²) < 4.78 is 25.0. The van der Waals surface area contributed by atoms with Crippen molar-refractivity contribution in [3.05, 3.63) is 0 Å². The van der Waals surface area contributed by atoms with E-state index >= 15 is 0 Å². The molecule has 1 fully saturated rings. The lowest BCUT2D eigenvalue weighted by molar-refractivity contribution is 0.00155. The highest BCUT2D eigenvalue weighted by Crippen LogP contribution is 2.45. The molecule has 1 heterocycles. The molecule has 0 bridgehead atoms. The Morgan fingerprint density at radius 3 is 2.92 bits per heavy atom. The fourth-order valence-electron chi connectivity index (χ4n) is 1.13. The standard InChI is InChI=1S/C6H13O6P/c1-10-13(8,9)12-5-2-3-11-6(5)4-7/h5-7H,2-4H2,1H3,(H,8,9)/t5?,6-/m1/s1. The molecule has 0 radical (unpaired) electrons. The van der Waals surface area contributed by atoms with Gasteiger partial charge < -0.3 is 14.7 Å². The van der Waals surface area contributed by atoms with Crippen LogP contribution in [0.25, 0.3) is 0 Å². The molecule has 2 N–H and O–H groups in total. The van der Waals surface area contributed by atoms with Crippen molar-refractivity contribution in [2.75, 3.05) is 20.3 Å². The first-order valence-corrected chi connectivity index (χ1v) is 5.38. The first-order chi connectivity index (χ1) is 6.09. The predicted molar refractivity (Wildman–Crippen MR) is 43.2 cm³/mol. The van der Waals surface area contributed by atoms with Crippen molar-refractivity contribution in [2.45, 2.75) is 18.6 Å². The maximum Gasteiger partial charge on any atom is 0.472 e. The maximum absolute atomic E-state index is 11.0. The molecule has 3 atom stereocenters. The van der Waals surface area contributed by atoms with Gasteiger partial charge in [-0.15, -0.1) is 0 Å².